The van der Waals surface area contributed by atoms with E-state index in [1.807, 2.05) is 0 Å². The molecule has 0 amide bonds. The van der Waals surface area contributed by atoms with E-state index in [4.69, 9.17) is 0 Å². The zero-order valence-corrected chi connectivity index (χ0v) is 14.1. The van der Waals surface area contributed by atoms with E-state index in [0.717, 1.165) is 12.3 Å². The Morgan fingerprint density at radius 1 is 1.29 bits per heavy atom. The maximum absolute atomic E-state index is 9.94. The van der Waals surface area contributed by atoms with E-state index < -0.39 is 0 Å². The number of hydrogen-bond acceptors (Lipinski definition) is 1. The second-order valence-electron chi connectivity index (χ2n) is 8.82. The highest BCUT2D eigenvalue weighted by atomic mass is 16.3. The van der Waals surface area contributed by atoms with Crippen molar-refractivity contribution in [1.82, 2.24) is 0 Å². The summed E-state index contributed by atoms with van der Waals surface area (Å²) in [6, 6.07) is 0. The van der Waals surface area contributed by atoms with Gasteiger partial charge in [-0.1, -0.05) is 44.9 Å². The molecule has 0 heterocycles. The lowest BCUT2D eigenvalue weighted by Gasteiger charge is -2.58. The van der Waals surface area contributed by atoms with Crippen LogP contribution in [-0.4, -0.2) is 11.7 Å². The summed E-state index contributed by atoms with van der Waals surface area (Å²) in [5.74, 6) is 1.50. The highest BCUT2D eigenvalue weighted by molar-refractivity contribution is 5.27. The van der Waals surface area contributed by atoms with Crippen LogP contribution in [-0.2, 0) is 0 Å². The van der Waals surface area contributed by atoms with Crippen LogP contribution in [0.2, 0.25) is 0 Å². The van der Waals surface area contributed by atoms with Crippen LogP contribution in [0.5, 0.6) is 0 Å². The maximum Gasteiger partial charge on any atom is 0.0522 e. The average Bonchev–Trinajstić information content (AvgIpc) is 2.49. The van der Waals surface area contributed by atoms with Crippen LogP contribution >= 0.6 is 0 Å². The summed E-state index contributed by atoms with van der Waals surface area (Å²) in [4.78, 5) is 0. The quantitative estimate of drug-likeness (QED) is 0.700. The van der Waals surface area contributed by atoms with Crippen molar-refractivity contribution >= 4 is 0 Å². The summed E-state index contributed by atoms with van der Waals surface area (Å²) < 4.78 is 0. The van der Waals surface area contributed by atoms with Gasteiger partial charge < -0.3 is 5.11 Å². The third-order valence-corrected chi connectivity index (χ3v) is 7.43. The topological polar surface area (TPSA) is 20.2 Å². The van der Waals surface area contributed by atoms with Gasteiger partial charge in [0.05, 0.1) is 6.61 Å². The Labute approximate surface area is 130 Å². The SMILES string of the molecule is C=C[C@@]1(C)CC[C@@]2(C)[C@@H](CC=C3[C@@H]2CCC[C@@]3(C)CO)C1. The lowest BCUT2D eigenvalue weighted by atomic mass is 9.47. The van der Waals surface area contributed by atoms with Gasteiger partial charge in [0, 0.05) is 5.41 Å². The first kappa shape index (κ1) is 15.3. The number of rotatable bonds is 2. The molecule has 0 spiro atoms. The molecule has 0 aromatic carbocycles. The summed E-state index contributed by atoms with van der Waals surface area (Å²) in [6.07, 6.45) is 13.6. The number of aliphatic hydroxyl groups excluding tert-OH is 1. The largest absolute Gasteiger partial charge is 0.395 e. The highest BCUT2D eigenvalue weighted by Gasteiger charge is 2.53. The first-order valence-electron chi connectivity index (χ1n) is 8.82. The van der Waals surface area contributed by atoms with Crippen LogP contribution < -0.4 is 0 Å². The van der Waals surface area contributed by atoms with Gasteiger partial charge >= 0.3 is 0 Å². The first-order valence-corrected chi connectivity index (χ1v) is 8.82. The molecule has 1 heteroatoms. The van der Waals surface area contributed by atoms with Gasteiger partial charge in [-0.15, -0.1) is 6.58 Å². The number of hydrogen-bond donors (Lipinski definition) is 1. The molecule has 0 aromatic heterocycles. The molecule has 118 valence electrons. The molecule has 0 aromatic rings. The summed E-state index contributed by atoms with van der Waals surface area (Å²) >= 11 is 0. The number of fused-ring (bicyclic) bond motifs is 3. The lowest BCUT2D eigenvalue weighted by molar-refractivity contribution is -0.0215. The van der Waals surface area contributed by atoms with Gasteiger partial charge in [0.15, 0.2) is 0 Å². The van der Waals surface area contributed by atoms with Crippen LogP contribution in [0.4, 0.5) is 0 Å². The molecular formula is C20H32O. The van der Waals surface area contributed by atoms with Crippen molar-refractivity contribution in [2.24, 2.45) is 28.1 Å². The van der Waals surface area contributed by atoms with Gasteiger partial charge in [-0.2, -0.15) is 0 Å². The highest BCUT2D eigenvalue weighted by Crippen LogP contribution is 2.63. The fourth-order valence-electron chi connectivity index (χ4n) is 5.58. The van der Waals surface area contributed by atoms with Crippen LogP contribution in [0, 0.1) is 28.1 Å². The molecule has 0 saturated heterocycles. The normalized spacial score (nSPS) is 49.8. The fourth-order valence-corrected chi connectivity index (χ4v) is 5.58. The van der Waals surface area contributed by atoms with Crippen molar-refractivity contribution in [3.8, 4) is 0 Å². The second kappa shape index (κ2) is 4.98. The van der Waals surface area contributed by atoms with Crippen molar-refractivity contribution in [2.45, 2.75) is 65.7 Å². The Morgan fingerprint density at radius 2 is 2.05 bits per heavy atom. The van der Waals surface area contributed by atoms with Crippen molar-refractivity contribution < 1.29 is 5.11 Å². The molecule has 3 rings (SSSR count). The molecular weight excluding hydrogens is 256 g/mol. The van der Waals surface area contributed by atoms with Gasteiger partial charge in [0.25, 0.3) is 0 Å². The molecule has 0 radical (unpaired) electrons. The van der Waals surface area contributed by atoms with E-state index in [1.165, 1.54) is 38.5 Å². The molecule has 3 aliphatic carbocycles. The van der Waals surface area contributed by atoms with Crippen LogP contribution in [0.1, 0.15) is 65.7 Å². The molecule has 5 atom stereocenters. The summed E-state index contributed by atoms with van der Waals surface area (Å²) in [6.45, 7) is 11.6. The summed E-state index contributed by atoms with van der Waals surface area (Å²) in [7, 11) is 0. The minimum absolute atomic E-state index is 0.0517. The molecule has 2 saturated carbocycles. The zero-order valence-electron chi connectivity index (χ0n) is 14.1. The third-order valence-electron chi connectivity index (χ3n) is 7.43. The predicted octanol–water partition coefficient (Wildman–Crippen LogP) is 5.11. The van der Waals surface area contributed by atoms with E-state index in [2.05, 4.69) is 39.5 Å². The molecule has 21 heavy (non-hydrogen) atoms. The van der Waals surface area contributed by atoms with E-state index >= 15 is 0 Å². The minimum Gasteiger partial charge on any atom is -0.395 e. The zero-order chi connectivity index (χ0) is 15.3. The molecule has 1 nitrogen and oxygen atoms in total. The van der Waals surface area contributed by atoms with E-state index in [9.17, 15) is 5.11 Å². The Bertz CT molecular complexity index is 464. The van der Waals surface area contributed by atoms with Crippen LogP contribution in [0.25, 0.3) is 0 Å². The minimum atomic E-state index is 0.0517. The second-order valence-corrected chi connectivity index (χ2v) is 8.82. The molecule has 0 aliphatic heterocycles. The monoisotopic (exact) mass is 288 g/mol. The number of allylic oxidation sites excluding steroid dienone is 2. The molecule has 0 bridgehead atoms. The van der Waals surface area contributed by atoms with Crippen molar-refractivity contribution in [2.75, 3.05) is 6.61 Å². The van der Waals surface area contributed by atoms with Crippen LogP contribution in [0.15, 0.2) is 24.3 Å². The Hall–Kier alpha value is -0.560. The van der Waals surface area contributed by atoms with Gasteiger partial charge in [0.2, 0.25) is 0 Å². The predicted molar refractivity (Wildman–Crippen MR) is 89.0 cm³/mol. The fraction of sp³-hybridized carbons (Fsp3) is 0.800. The molecule has 0 unspecified atom stereocenters. The van der Waals surface area contributed by atoms with E-state index in [0.29, 0.717) is 23.4 Å². The number of aliphatic hydroxyl groups is 1. The van der Waals surface area contributed by atoms with E-state index in [-0.39, 0.29) is 5.41 Å². The maximum atomic E-state index is 9.94. The Kier molecular flexibility index (Phi) is 3.64. The molecule has 1 N–H and O–H groups in total. The average molecular weight is 288 g/mol. The van der Waals surface area contributed by atoms with Gasteiger partial charge in [0.1, 0.15) is 0 Å². The Balaban J connectivity index is 1.94. The van der Waals surface area contributed by atoms with Crippen molar-refractivity contribution in [3.05, 3.63) is 24.3 Å². The van der Waals surface area contributed by atoms with Crippen LogP contribution in [0.3, 0.4) is 0 Å². The molecule has 2 fully saturated rings. The first-order chi connectivity index (χ1) is 9.87. The summed E-state index contributed by atoms with van der Waals surface area (Å²) in [5, 5.41) is 9.94. The van der Waals surface area contributed by atoms with Gasteiger partial charge in [-0.25, -0.2) is 0 Å². The van der Waals surface area contributed by atoms with Gasteiger partial charge in [-0.05, 0) is 61.2 Å². The standard InChI is InChI=1S/C20H32O/c1-5-18(2)11-12-20(4)15(13-18)8-9-16-17(20)7-6-10-19(16,3)14-21/h5,9,15,17,21H,1,6-8,10-14H2,2-4H3/t15-,17-,18-,19-,20-/m0/s1. The van der Waals surface area contributed by atoms with Gasteiger partial charge in [-0.3, -0.25) is 0 Å². The summed E-state index contributed by atoms with van der Waals surface area (Å²) in [5.41, 5.74) is 2.43. The lowest BCUT2D eigenvalue weighted by Crippen LogP contribution is -2.49. The smallest absolute Gasteiger partial charge is 0.0522 e. The van der Waals surface area contributed by atoms with E-state index in [1.54, 1.807) is 5.57 Å². The van der Waals surface area contributed by atoms with Crippen molar-refractivity contribution in [3.63, 3.8) is 0 Å². The third kappa shape index (κ3) is 2.23. The molecule has 3 aliphatic rings. The van der Waals surface area contributed by atoms with Crippen molar-refractivity contribution in [1.29, 1.82) is 0 Å². The Morgan fingerprint density at radius 3 is 2.71 bits per heavy atom.